The third-order valence-electron chi connectivity index (χ3n) is 4.20. The molecule has 2 unspecified atom stereocenters. The summed E-state index contributed by atoms with van der Waals surface area (Å²) in [6.45, 7) is 0.621. The Morgan fingerprint density at radius 1 is 1.32 bits per heavy atom. The third-order valence-corrected chi connectivity index (χ3v) is 5.07. The van der Waals surface area contributed by atoms with Gasteiger partial charge in [-0.25, -0.2) is 4.79 Å². The molecule has 1 saturated heterocycles. The maximum atomic E-state index is 12.4. The Balaban J connectivity index is 2.32. The number of nitrogens with zero attached hydrogens (tertiary/aromatic N) is 1. The summed E-state index contributed by atoms with van der Waals surface area (Å²) in [5.74, 6) is -0.736. The quantitative estimate of drug-likeness (QED) is 0.401. The SMILES string of the molecule is COC(=O)C(C1=C[C@@H](I)CC=C1)C1CCCCN1C(=O)OC. The van der Waals surface area contributed by atoms with E-state index < -0.39 is 5.92 Å². The van der Waals surface area contributed by atoms with Gasteiger partial charge in [0.25, 0.3) is 0 Å². The van der Waals surface area contributed by atoms with Crippen LogP contribution in [0.3, 0.4) is 0 Å². The van der Waals surface area contributed by atoms with Gasteiger partial charge in [-0.2, -0.15) is 0 Å². The molecule has 0 saturated carbocycles. The van der Waals surface area contributed by atoms with Crippen LogP contribution in [0.5, 0.6) is 0 Å². The van der Waals surface area contributed by atoms with Gasteiger partial charge in [0.15, 0.2) is 0 Å². The van der Waals surface area contributed by atoms with E-state index in [1.807, 2.05) is 6.08 Å². The molecule has 1 heterocycles. The molecule has 0 aromatic heterocycles. The Hall–Kier alpha value is -1.05. The van der Waals surface area contributed by atoms with Crippen molar-refractivity contribution >= 4 is 34.7 Å². The number of methoxy groups -OCH3 is 2. The lowest BCUT2D eigenvalue weighted by atomic mass is 9.83. The number of halogens is 1. The standard InChI is InChI=1S/C16H22INO4/c1-21-15(19)14(11-6-5-7-12(17)10-11)13-8-3-4-9-18(13)16(20)22-2/h5-6,10,12-14H,3-4,7-9H2,1-2H3/t12-,13?,14?/m0/s1. The number of likely N-dealkylation sites (tertiary alicyclic amines) is 1. The van der Waals surface area contributed by atoms with Crippen LogP contribution in [0.1, 0.15) is 25.7 Å². The number of ether oxygens (including phenoxy) is 2. The van der Waals surface area contributed by atoms with Crippen molar-refractivity contribution in [1.82, 2.24) is 4.90 Å². The highest BCUT2D eigenvalue weighted by Gasteiger charge is 2.40. The Morgan fingerprint density at radius 3 is 2.73 bits per heavy atom. The minimum absolute atomic E-state index is 0.203. The molecule has 1 fully saturated rings. The number of amides is 1. The van der Waals surface area contributed by atoms with Gasteiger partial charge in [0.2, 0.25) is 0 Å². The molecule has 1 aliphatic carbocycles. The lowest BCUT2D eigenvalue weighted by Gasteiger charge is -2.39. The minimum atomic E-state index is -0.446. The molecule has 0 radical (unpaired) electrons. The van der Waals surface area contributed by atoms with Crippen molar-refractivity contribution in [2.24, 2.45) is 5.92 Å². The number of hydrogen-bond donors (Lipinski definition) is 0. The zero-order valence-electron chi connectivity index (χ0n) is 13.0. The molecule has 3 atom stereocenters. The topological polar surface area (TPSA) is 55.8 Å². The first-order valence-corrected chi connectivity index (χ1v) is 8.77. The van der Waals surface area contributed by atoms with Gasteiger partial charge in [0.05, 0.1) is 20.3 Å². The Bertz CT molecular complexity index is 489. The number of alkyl halides is 1. The van der Waals surface area contributed by atoms with Gasteiger partial charge in [-0.3, -0.25) is 4.79 Å². The molecule has 0 aromatic carbocycles. The van der Waals surface area contributed by atoms with E-state index in [-0.39, 0.29) is 18.1 Å². The Kier molecular flexibility index (Phi) is 6.28. The van der Waals surface area contributed by atoms with Crippen molar-refractivity contribution < 1.29 is 19.1 Å². The maximum Gasteiger partial charge on any atom is 0.409 e. The number of carbonyl (C=O) groups is 2. The highest BCUT2D eigenvalue weighted by molar-refractivity contribution is 14.1. The number of rotatable bonds is 3. The van der Waals surface area contributed by atoms with Crippen LogP contribution >= 0.6 is 22.6 Å². The van der Waals surface area contributed by atoms with Crippen LogP contribution in [-0.4, -0.2) is 47.7 Å². The van der Waals surface area contributed by atoms with Crippen LogP contribution in [-0.2, 0) is 14.3 Å². The van der Waals surface area contributed by atoms with Gasteiger partial charge in [-0.15, -0.1) is 0 Å². The first-order valence-electron chi connectivity index (χ1n) is 7.53. The first-order chi connectivity index (χ1) is 10.6. The zero-order valence-corrected chi connectivity index (χ0v) is 15.1. The second kappa shape index (κ2) is 7.99. The molecule has 122 valence electrons. The van der Waals surface area contributed by atoms with Crippen molar-refractivity contribution in [1.29, 1.82) is 0 Å². The molecule has 22 heavy (non-hydrogen) atoms. The second-order valence-corrected chi connectivity index (χ2v) is 7.15. The van der Waals surface area contributed by atoms with Crippen LogP contribution in [0.4, 0.5) is 4.79 Å². The smallest absolute Gasteiger partial charge is 0.409 e. The molecule has 2 aliphatic rings. The van der Waals surface area contributed by atoms with Crippen molar-refractivity contribution in [3.05, 3.63) is 23.8 Å². The second-order valence-electron chi connectivity index (χ2n) is 5.55. The summed E-state index contributed by atoms with van der Waals surface area (Å²) in [6, 6.07) is -0.203. The summed E-state index contributed by atoms with van der Waals surface area (Å²) in [5.41, 5.74) is 0.943. The Morgan fingerprint density at radius 2 is 2.09 bits per heavy atom. The van der Waals surface area contributed by atoms with E-state index >= 15 is 0 Å². The van der Waals surface area contributed by atoms with Crippen LogP contribution < -0.4 is 0 Å². The fourth-order valence-electron chi connectivity index (χ4n) is 3.16. The summed E-state index contributed by atoms with van der Waals surface area (Å²) in [7, 11) is 2.77. The fourth-order valence-corrected chi connectivity index (χ4v) is 3.87. The first kappa shape index (κ1) is 17.3. The average molecular weight is 419 g/mol. The molecule has 0 N–H and O–H groups in total. The van der Waals surface area contributed by atoms with E-state index in [4.69, 9.17) is 9.47 Å². The molecular formula is C16H22INO4. The number of hydrogen-bond acceptors (Lipinski definition) is 4. The van der Waals surface area contributed by atoms with Gasteiger partial charge < -0.3 is 14.4 Å². The number of carbonyl (C=O) groups excluding carboxylic acids is 2. The van der Waals surface area contributed by atoms with E-state index in [2.05, 4.69) is 34.7 Å². The summed E-state index contributed by atoms with van der Waals surface area (Å²) in [4.78, 5) is 26.1. The summed E-state index contributed by atoms with van der Waals surface area (Å²) < 4.78 is 10.3. The zero-order chi connectivity index (χ0) is 16.1. The lowest BCUT2D eigenvalue weighted by Crippen LogP contribution is -2.50. The van der Waals surface area contributed by atoms with Gasteiger partial charge in [0, 0.05) is 10.5 Å². The fraction of sp³-hybridized carbons (Fsp3) is 0.625. The molecule has 2 rings (SSSR count). The van der Waals surface area contributed by atoms with Crippen molar-refractivity contribution in [3.8, 4) is 0 Å². The maximum absolute atomic E-state index is 12.4. The summed E-state index contributed by atoms with van der Waals surface area (Å²) in [5, 5.41) is 0. The van der Waals surface area contributed by atoms with Gasteiger partial charge in [-0.05, 0) is 31.3 Å². The van der Waals surface area contributed by atoms with Gasteiger partial charge in [-0.1, -0.05) is 40.8 Å². The monoisotopic (exact) mass is 419 g/mol. The molecule has 0 bridgehead atoms. The predicted molar refractivity (Wildman–Crippen MR) is 91.9 cm³/mol. The molecule has 1 aliphatic heterocycles. The van der Waals surface area contributed by atoms with Crippen molar-refractivity contribution in [2.75, 3.05) is 20.8 Å². The van der Waals surface area contributed by atoms with E-state index in [0.29, 0.717) is 10.5 Å². The number of piperidine rings is 1. The highest BCUT2D eigenvalue weighted by Crippen LogP contribution is 2.33. The lowest BCUT2D eigenvalue weighted by molar-refractivity contribution is -0.146. The molecule has 0 aromatic rings. The van der Waals surface area contributed by atoms with E-state index in [1.54, 1.807) is 4.90 Å². The van der Waals surface area contributed by atoms with Gasteiger partial charge in [0.1, 0.15) is 5.92 Å². The van der Waals surface area contributed by atoms with Crippen molar-refractivity contribution in [3.63, 3.8) is 0 Å². The molecule has 5 nitrogen and oxygen atoms in total. The van der Waals surface area contributed by atoms with E-state index in [1.165, 1.54) is 14.2 Å². The normalized spacial score (nSPS) is 26.1. The van der Waals surface area contributed by atoms with Crippen LogP contribution in [0.15, 0.2) is 23.8 Å². The van der Waals surface area contributed by atoms with E-state index in [0.717, 1.165) is 31.3 Å². The molecular weight excluding hydrogens is 397 g/mol. The highest BCUT2D eigenvalue weighted by atomic mass is 127. The molecule has 1 amide bonds. The molecule has 0 spiro atoms. The summed E-state index contributed by atoms with van der Waals surface area (Å²) >= 11 is 2.35. The van der Waals surface area contributed by atoms with Crippen LogP contribution in [0, 0.1) is 5.92 Å². The van der Waals surface area contributed by atoms with Crippen LogP contribution in [0.2, 0.25) is 0 Å². The van der Waals surface area contributed by atoms with Crippen molar-refractivity contribution in [2.45, 2.75) is 35.6 Å². The largest absolute Gasteiger partial charge is 0.468 e. The number of esters is 1. The average Bonchev–Trinajstić information content (AvgIpc) is 2.54. The third kappa shape index (κ3) is 3.83. The van der Waals surface area contributed by atoms with Crippen LogP contribution in [0.25, 0.3) is 0 Å². The predicted octanol–water partition coefficient (Wildman–Crippen LogP) is 3.09. The van der Waals surface area contributed by atoms with Gasteiger partial charge >= 0.3 is 12.1 Å². The number of allylic oxidation sites excluding steroid dienone is 3. The molecule has 6 heteroatoms. The van der Waals surface area contributed by atoms with E-state index in [9.17, 15) is 9.59 Å². The Labute approximate surface area is 144 Å². The minimum Gasteiger partial charge on any atom is -0.468 e. The summed E-state index contributed by atoms with van der Waals surface area (Å²) in [6.07, 6.45) is 9.47.